The molecule has 0 spiro atoms. The molecule has 1 saturated carbocycles. The summed E-state index contributed by atoms with van der Waals surface area (Å²) in [7, 11) is -1.48. The first kappa shape index (κ1) is 12.2. The van der Waals surface area contributed by atoms with Gasteiger partial charge in [-0.3, -0.25) is 0 Å². The molecule has 0 heterocycles. The lowest BCUT2D eigenvalue weighted by molar-refractivity contribution is -0.203. The largest absolute Gasteiger partial charge is 0.391 e. The van der Waals surface area contributed by atoms with E-state index in [9.17, 15) is 0 Å². The highest BCUT2D eigenvalue weighted by Gasteiger charge is 2.37. The molecule has 1 fully saturated rings. The lowest BCUT2D eigenvalue weighted by atomic mass is 9.94. The van der Waals surface area contributed by atoms with E-state index in [1.165, 1.54) is 19.3 Å². The summed E-state index contributed by atoms with van der Waals surface area (Å²) in [6, 6.07) is 0. The molecule has 0 bridgehead atoms. The lowest BCUT2D eigenvalue weighted by Crippen LogP contribution is -2.46. The Kier molecular flexibility index (Phi) is 4.16. The average Bonchev–Trinajstić information content (AvgIpc) is 2.02. The predicted octanol–water partition coefficient (Wildman–Crippen LogP) is 3.53. The first-order chi connectivity index (χ1) is 6.47. The zero-order valence-corrected chi connectivity index (χ0v) is 11.1. The third kappa shape index (κ3) is 3.71. The van der Waals surface area contributed by atoms with Crippen LogP contribution in [-0.4, -0.2) is 20.7 Å². The molecule has 1 aliphatic rings. The van der Waals surface area contributed by atoms with Gasteiger partial charge >= 0.3 is 0 Å². The maximum Gasteiger partial charge on any atom is 0.187 e. The van der Waals surface area contributed by atoms with Gasteiger partial charge in [0.1, 0.15) is 0 Å². The third-order valence-corrected chi connectivity index (χ3v) is 3.50. The monoisotopic (exact) mass is 216 g/mol. The maximum absolute atomic E-state index is 6.22. The number of rotatable bonds is 4. The van der Waals surface area contributed by atoms with Crippen molar-refractivity contribution in [2.24, 2.45) is 0 Å². The van der Waals surface area contributed by atoms with Gasteiger partial charge in [-0.25, -0.2) is 0 Å². The molecule has 0 atom stereocenters. The Morgan fingerprint density at radius 3 is 2.07 bits per heavy atom. The minimum absolute atomic E-state index is 0.225. The average molecular weight is 216 g/mol. The normalized spacial score (nSPS) is 22.3. The Bertz CT molecular complexity index is 163. The van der Waals surface area contributed by atoms with Gasteiger partial charge in [-0.05, 0) is 39.4 Å². The molecule has 0 aromatic carbocycles. The van der Waals surface area contributed by atoms with E-state index in [2.05, 4.69) is 26.6 Å². The molecule has 0 aliphatic heterocycles. The summed E-state index contributed by atoms with van der Waals surface area (Å²) >= 11 is 0. The summed E-state index contributed by atoms with van der Waals surface area (Å²) in [5, 5.41) is 0. The number of ether oxygens (including phenoxy) is 1. The Balaban J connectivity index is 2.60. The van der Waals surface area contributed by atoms with Crippen LogP contribution in [0.15, 0.2) is 0 Å². The minimum Gasteiger partial charge on any atom is -0.391 e. The summed E-state index contributed by atoms with van der Waals surface area (Å²) in [4.78, 5) is 0. The first-order valence-electron chi connectivity index (χ1n) is 5.82. The predicted molar refractivity (Wildman–Crippen MR) is 61.9 cm³/mol. The highest BCUT2D eigenvalue weighted by atomic mass is 28.4. The molecule has 14 heavy (non-hydrogen) atoms. The van der Waals surface area contributed by atoms with E-state index >= 15 is 0 Å². The Morgan fingerprint density at radius 1 is 1.07 bits per heavy atom. The van der Waals surface area contributed by atoms with Crippen LogP contribution in [0, 0.1) is 0 Å². The van der Waals surface area contributed by atoms with Crippen LogP contribution in [0.25, 0.3) is 0 Å². The standard InChI is InChI=1S/C11H24O2Si/c1-5-12-11(13-14(2,3)4)9-7-6-8-10-11/h5-10H2,1-4H3. The molecule has 0 N–H and O–H groups in total. The van der Waals surface area contributed by atoms with E-state index in [-0.39, 0.29) is 5.79 Å². The fourth-order valence-corrected chi connectivity index (χ4v) is 3.57. The Morgan fingerprint density at radius 2 is 1.64 bits per heavy atom. The van der Waals surface area contributed by atoms with Crippen LogP contribution >= 0.6 is 0 Å². The molecule has 2 nitrogen and oxygen atoms in total. The minimum atomic E-state index is -1.48. The van der Waals surface area contributed by atoms with Crippen LogP contribution in [-0.2, 0) is 9.16 Å². The van der Waals surface area contributed by atoms with E-state index in [0.29, 0.717) is 0 Å². The van der Waals surface area contributed by atoms with Gasteiger partial charge in [0.05, 0.1) is 0 Å². The van der Waals surface area contributed by atoms with Crippen molar-refractivity contribution in [2.45, 2.75) is 64.5 Å². The second-order valence-corrected chi connectivity index (χ2v) is 9.55. The highest BCUT2D eigenvalue weighted by Crippen LogP contribution is 2.35. The lowest BCUT2D eigenvalue weighted by Gasteiger charge is -2.41. The molecule has 0 amide bonds. The molecule has 1 aliphatic carbocycles. The fourth-order valence-electron chi connectivity index (χ4n) is 2.19. The van der Waals surface area contributed by atoms with Gasteiger partial charge < -0.3 is 9.16 Å². The van der Waals surface area contributed by atoms with E-state index in [1.807, 2.05) is 0 Å². The molecule has 1 rings (SSSR count). The summed E-state index contributed by atoms with van der Waals surface area (Å²) in [6.07, 6.45) is 6.02. The van der Waals surface area contributed by atoms with E-state index in [4.69, 9.17) is 9.16 Å². The molecule has 0 aromatic rings. The molecule has 0 radical (unpaired) electrons. The van der Waals surface area contributed by atoms with Gasteiger partial charge in [-0.1, -0.05) is 6.42 Å². The summed E-state index contributed by atoms with van der Waals surface area (Å²) < 4.78 is 12.1. The quantitative estimate of drug-likeness (QED) is 0.528. The van der Waals surface area contributed by atoms with Crippen molar-refractivity contribution in [3.63, 3.8) is 0 Å². The second kappa shape index (κ2) is 4.77. The van der Waals surface area contributed by atoms with Crippen LogP contribution in [0.4, 0.5) is 0 Å². The van der Waals surface area contributed by atoms with Crippen molar-refractivity contribution in [3.05, 3.63) is 0 Å². The zero-order chi connectivity index (χ0) is 10.7. The highest BCUT2D eigenvalue weighted by molar-refractivity contribution is 6.69. The van der Waals surface area contributed by atoms with Gasteiger partial charge in [0.15, 0.2) is 14.1 Å². The summed E-state index contributed by atoms with van der Waals surface area (Å²) in [5.74, 6) is -0.225. The molecule has 0 unspecified atom stereocenters. The topological polar surface area (TPSA) is 18.5 Å². The third-order valence-electron chi connectivity index (χ3n) is 2.51. The van der Waals surface area contributed by atoms with Crippen LogP contribution in [0.1, 0.15) is 39.0 Å². The molecule has 0 saturated heterocycles. The van der Waals surface area contributed by atoms with Gasteiger partial charge in [0.2, 0.25) is 0 Å². The SMILES string of the molecule is CCOC1(O[Si](C)(C)C)CCCCC1. The van der Waals surface area contributed by atoms with Crippen molar-refractivity contribution in [2.75, 3.05) is 6.61 Å². The summed E-state index contributed by atoms with van der Waals surface area (Å²) in [6.45, 7) is 9.54. The van der Waals surface area contributed by atoms with Gasteiger partial charge in [-0.2, -0.15) is 0 Å². The van der Waals surface area contributed by atoms with Crippen molar-refractivity contribution >= 4 is 8.32 Å². The van der Waals surface area contributed by atoms with E-state index in [1.54, 1.807) is 0 Å². The molecule has 84 valence electrons. The molecular weight excluding hydrogens is 192 g/mol. The van der Waals surface area contributed by atoms with Crippen LogP contribution in [0.3, 0.4) is 0 Å². The number of hydrogen-bond donors (Lipinski definition) is 0. The van der Waals surface area contributed by atoms with Gasteiger partial charge in [-0.15, -0.1) is 0 Å². The van der Waals surface area contributed by atoms with Crippen LogP contribution in [0.5, 0.6) is 0 Å². The second-order valence-electron chi connectivity index (χ2n) is 5.12. The molecule has 3 heteroatoms. The maximum atomic E-state index is 6.22. The van der Waals surface area contributed by atoms with E-state index < -0.39 is 8.32 Å². The van der Waals surface area contributed by atoms with Crippen LogP contribution < -0.4 is 0 Å². The smallest absolute Gasteiger partial charge is 0.187 e. The van der Waals surface area contributed by atoms with Gasteiger partial charge in [0, 0.05) is 19.4 Å². The van der Waals surface area contributed by atoms with Crippen molar-refractivity contribution < 1.29 is 9.16 Å². The molecular formula is C11H24O2Si. The van der Waals surface area contributed by atoms with Gasteiger partial charge in [0.25, 0.3) is 0 Å². The Hall–Kier alpha value is 0.137. The fraction of sp³-hybridized carbons (Fsp3) is 1.00. The van der Waals surface area contributed by atoms with Crippen molar-refractivity contribution in [1.29, 1.82) is 0 Å². The first-order valence-corrected chi connectivity index (χ1v) is 9.22. The zero-order valence-electron chi connectivity index (χ0n) is 10.1. The Labute approximate surface area is 89.1 Å². The van der Waals surface area contributed by atoms with Crippen LogP contribution in [0.2, 0.25) is 19.6 Å². The molecule has 0 aromatic heterocycles. The summed E-state index contributed by atoms with van der Waals surface area (Å²) in [5.41, 5.74) is 0. The van der Waals surface area contributed by atoms with Crippen molar-refractivity contribution in [3.8, 4) is 0 Å². The van der Waals surface area contributed by atoms with Crippen molar-refractivity contribution in [1.82, 2.24) is 0 Å². The number of hydrogen-bond acceptors (Lipinski definition) is 2. The van der Waals surface area contributed by atoms with E-state index in [0.717, 1.165) is 19.4 Å².